The zero-order valence-electron chi connectivity index (χ0n) is 13.9. The first-order valence-corrected chi connectivity index (χ1v) is 9.32. The van der Waals surface area contributed by atoms with Gasteiger partial charge in [-0.15, -0.1) is 18.5 Å². The summed E-state index contributed by atoms with van der Waals surface area (Å²) >= 11 is 0. The molecule has 0 fully saturated rings. The number of nitrogens with one attached hydrogen (secondary N) is 1. The molecule has 2 atom stereocenters. The highest BCUT2D eigenvalue weighted by molar-refractivity contribution is 7.27. The molecule has 0 bridgehead atoms. The minimum atomic E-state index is 0.262. The molecular weight excluding hydrogens is 327 g/mol. The summed E-state index contributed by atoms with van der Waals surface area (Å²) < 4.78 is 0. The largest absolute Gasteiger partial charge is 0.356 e. The lowest BCUT2D eigenvalue weighted by atomic mass is 9.34. The van der Waals surface area contributed by atoms with E-state index < -0.39 is 0 Å². The van der Waals surface area contributed by atoms with E-state index in [1.54, 1.807) is 0 Å². The third-order valence-electron chi connectivity index (χ3n) is 4.87. The van der Waals surface area contributed by atoms with Crippen molar-refractivity contribution in [2.24, 2.45) is 0 Å². The molecule has 24 heavy (non-hydrogen) atoms. The summed E-state index contributed by atoms with van der Waals surface area (Å²) in [7, 11) is 5.66. The maximum Gasteiger partial charge on any atom is 0.247 e. The molecule has 4 rings (SSSR count). The summed E-state index contributed by atoms with van der Waals surface area (Å²) in [5.74, 6) is 0. The smallest absolute Gasteiger partial charge is 0.247 e. The lowest BCUT2D eigenvalue weighted by Gasteiger charge is -2.30. The van der Waals surface area contributed by atoms with Crippen molar-refractivity contribution < 1.29 is 0 Å². The fourth-order valence-corrected chi connectivity index (χ4v) is 4.33. The minimum absolute atomic E-state index is 0.262. The first kappa shape index (κ1) is 15.9. The van der Waals surface area contributed by atoms with Crippen molar-refractivity contribution in [1.29, 1.82) is 0 Å². The fraction of sp³-hybridized carbons (Fsp3) is 0.100. The molecule has 0 amide bonds. The molecule has 3 aromatic carbocycles. The van der Waals surface area contributed by atoms with Crippen LogP contribution in [0.15, 0.2) is 54.6 Å². The van der Waals surface area contributed by atoms with Crippen LogP contribution in [-0.2, 0) is 0 Å². The van der Waals surface area contributed by atoms with Gasteiger partial charge in [0, 0.05) is 11.4 Å². The average molecular weight is 347 g/mol. The molecule has 4 heteroatoms. The summed E-state index contributed by atoms with van der Waals surface area (Å²) in [6.45, 7) is 4.70. The molecule has 0 saturated carbocycles. The Labute approximate surface area is 148 Å². The third kappa shape index (κ3) is 2.59. The van der Waals surface area contributed by atoms with Crippen molar-refractivity contribution >= 4 is 63.6 Å². The highest BCUT2D eigenvalue weighted by Gasteiger charge is 2.32. The first-order valence-electron chi connectivity index (χ1n) is 8.16. The standard InChI is InChI=1S/C20H20BNP2/c1-12-4-3-5-13(2)20(12)21-16-10-14(23)6-8-18(16)22-19-9-7-15(24)11-17(19)21/h3-11,22H,23-24H2,1-2H3. The fourth-order valence-electron chi connectivity index (χ4n) is 3.77. The molecule has 1 aliphatic heterocycles. The SMILES string of the molecule is Cc1cccc(C)c1B1c2cc(P)ccc2Nc2ccc(P)cc21. The Morgan fingerprint density at radius 1 is 0.750 bits per heavy atom. The van der Waals surface area contributed by atoms with Gasteiger partial charge in [-0.1, -0.05) is 59.1 Å². The second kappa shape index (κ2) is 6.03. The van der Waals surface area contributed by atoms with Crippen LogP contribution in [0.5, 0.6) is 0 Å². The molecule has 118 valence electrons. The van der Waals surface area contributed by atoms with E-state index in [9.17, 15) is 0 Å². The molecule has 1 heterocycles. The van der Waals surface area contributed by atoms with Gasteiger partial charge < -0.3 is 5.32 Å². The van der Waals surface area contributed by atoms with Crippen LogP contribution < -0.4 is 32.3 Å². The summed E-state index contributed by atoms with van der Waals surface area (Å²) in [4.78, 5) is 0. The van der Waals surface area contributed by atoms with Gasteiger partial charge in [-0.3, -0.25) is 0 Å². The van der Waals surface area contributed by atoms with Crippen LogP contribution in [0.3, 0.4) is 0 Å². The van der Waals surface area contributed by atoms with E-state index >= 15 is 0 Å². The lowest BCUT2D eigenvalue weighted by molar-refractivity contribution is 1.42. The third-order valence-corrected chi connectivity index (χ3v) is 5.59. The average Bonchev–Trinajstić information content (AvgIpc) is 2.54. The molecule has 0 spiro atoms. The summed E-state index contributed by atoms with van der Waals surface area (Å²) in [6.07, 6.45) is 0. The van der Waals surface area contributed by atoms with Crippen molar-refractivity contribution in [2.75, 3.05) is 5.32 Å². The number of benzene rings is 3. The van der Waals surface area contributed by atoms with E-state index in [1.807, 2.05) is 0 Å². The molecule has 0 radical (unpaired) electrons. The monoisotopic (exact) mass is 347 g/mol. The lowest BCUT2D eigenvalue weighted by Crippen LogP contribution is -2.58. The van der Waals surface area contributed by atoms with Gasteiger partial charge in [0.2, 0.25) is 6.71 Å². The van der Waals surface area contributed by atoms with Gasteiger partial charge in [0.05, 0.1) is 0 Å². The normalized spacial score (nSPS) is 12.4. The minimum Gasteiger partial charge on any atom is -0.356 e. The van der Waals surface area contributed by atoms with Gasteiger partial charge in [0.25, 0.3) is 0 Å². The molecule has 1 nitrogen and oxygen atoms in total. The molecule has 0 aromatic heterocycles. The Hall–Kier alpha value is -1.62. The molecule has 1 N–H and O–H groups in total. The maximum atomic E-state index is 3.62. The van der Waals surface area contributed by atoms with Crippen LogP contribution in [0, 0.1) is 13.8 Å². The van der Waals surface area contributed by atoms with Gasteiger partial charge >= 0.3 is 0 Å². The molecular formula is C20H20BNP2. The second-order valence-corrected chi connectivity index (χ2v) is 7.89. The second-order valence-electron chi connectivity index (χ2n) is 6.56. The van der Waals surface area contributed by atoms with Crippen LogP contribution in [0.2, 0.25) is 0 Å². The van der Waals surface area contributed by atoms with E-state index in [4.69, 9.17) is 0 Å². The molecule has 3 aromatic rings. The maximum absolute atomic E-state index is 3.62. The van der Waals surface area contributed by atoms with Crippen molar-refractivity contribution in [3.63, 3.8) is 0 Å². The highest BCUT2D eigenvalue weighted by atomic mass is 31.0. The van der Waals surface area contributed by atoms with Gasteiger partial charge in [0.15, 0.2) is 0 Å². The van der Waals surface area contributed by atoms with Gasteiger partial charge in [-0.2, -0.15) is 0 Å². The Kier molecular flexibility index (Phi) is 3.99. The quantitative estimate of drug-likeness (QED) is 0.410. The van der Waals surface area contributed by atoms with Crippen LogP contribution >= 0.6 is 18.5 Å². The van der Waals surface area contributed by atoms with E-state index in [0.717, 1.165) is 0 Å². The highest BCUT2D eigenvalue weighted by Crippen LogP contribution is 2.20. The summed E-state index contributed by atoms with van der Waals surface area (Å²) in [6, 6.07) is 19.9. The van der Waals surface area contributed by atoms with Crippen molar-refractivity contribution in [1.82, 2.24) is 0 Å². The van der Waals surface area contributed by atoms with Crippen LogP contribution in [0.1, 0.15) is 11.1 Å². The number of hydrogen-bond donors (Lipinski definition) is 1. The molecule has 1 aliphatic rings. The molecule has 0 aliphatic carbocycles. The van der Waals surface area contributed by atoms with Crippen molar-refractivity contribution in [3.05, 3.63) is 65.7 Å². The summed E-state index contributed by atoms with van der Waals surface area (Å²) in [5, 5.41) is 6.05. The summed E-state index contributed by atoms with van der Waals surface area (Å²) in [5.41, 5.74) is 9.23. The zero-order chi connectivity index (χ0) is 16.8. The van der Waals surface area contributed by atoms with E-state index in [-0.39, 0.29) is 6.71 Å². The van der Waals surface area contributed by atoms with Gasteiger partial charge in [-0.05, 0) is 47.5 Å². The van der Waals surface area contributed by atoms with Gasteiger partial charge in [-0.25, -0.2) is 0 Å². The Morgan fingerprint density at radius 2 is 1.25 bits per heavy atom. The molecule has 2 unspecified atom stereocenters. The number of fused-ring (bicyclic) bond motifs is 2. The van der Waals surface area contributed by atoms with E-state index in [0.29, 0.717) is 0 Å². The predicted octanol–water partition coefficient (Wildman–Crippen LogP) is 1.88. The van der Waals surface area contributed by atoms with Crippen LogP contribution in [-0.4, -0.2) is 6.71 Å². The Balaban J connectivity index is 2.05. The van der Waals surface area contributed by atoms with Gasteiger partial charge in [0.1, 0.15) is 0 Å². The topological polar surface area (TPSA) is 12.0 Å². The predicted molar refractivity (Wildman–Crippen MR) is 115 cm³/mol. The van der Waals surface area contributed by atoms with E-state index in [1.165, 1.54) is 49.5 Å². The number of rotatable bonds is 1. The number of hydrogen-bond acceptors (Lipinski definition) is 1. The van der Waals surface area contributed by atoms with E-state index in [2.05, 4.69) is 92.2 Å². The number of aryl methyl sites for hydroxylation is 2. The van der Waals surface area contributed by atoms with Crippen molar-refractivity contribution in [2.45, 2.75) is 13.8 Å². The Bertz CT molecular complexity index is 881. The Morgan fingerprint density at radius 3 is 1.75 bits per heavy atom. The zero-order valence-corrected chi connectivity index (χ0v) is 16.2. The number of anilines is 2. The van der Waals surface area contributed by atoms with Crippen LogP contribution in [0.4, 0.5) is 11.4 Å². The molecule has 0 saturated heterocycles. The van der Waals surface area contributed by atoms with Crippen molar-refractivity contribution in [3.8, 4) is 0 Å². The first-order chi connectivity index (χ1) is 11.5. The van der Waals surface area contributed by atoms with Crippen LogP contribution in [0.25, 0.3) is 0 Å².